The Bertz CT molecular complexity index is 259. The molecule has 0 spiro atoms. The van der Waals surface area contributed by atoms with Gasteiger partial charge in [-0.3, -0.25) is 0 Å². The van der Waals surface area contributed by atoms with Crippen molar-refractivity contribution in [3.05, 3.63) is 24.3 Å². The lowest BCUT2D eigenvalue weighted by Crippen LogP contribution is -2.01. The van der Waals surface area contributed by atoms with E-state index < -0.39 is 5.95 Å². The van der Waals surface area contributed by atoms with E-state index in [0.29, 0.717) is 0 Å². The summed E-state index contributed by atoms with van der Waals surface area (Å²) in [6.07, 6.45) is 7.85. The van der Waals surface area contributed by atoms with Crippen LogP contribution in [0, 0.1) is 5.95 Å². The molecule has 0 radical (unpaired) electrons. The van der Waals surface area contributed by atoms with Crippen molar-refractivity contribution in [2.24, 2.45) is 0 Å². The van der Waals surface area contributed by atoms with Crippen molar-refractivity contribution in [3.8, 4) is 0 Å². The number of nitrogens with one attached hydrogen (secondary N) is 1. The van der Waals surface area contributed by atoms with Gasteiger partial charge >= 0.3 is 0 Å². The van der Waals surface area contributed by atoms with Crippen LogP contribution in [0.25, 0.3) is 0 Å². The van der Waals surface area contributed by atoms with Crippen molar-refractivity contribution in [2.75, 3.05) is 11.9 Å². The molecule has 0 atom stereocenters. The third-order valence-electron chi connectivity index (χ3n) is 2.34. The summed E-state index contributed by atoms with van der Waals surface area (Å²) in [7, 11) is 0. The molecule has 3 heteroatoms. The van der Waals surface area contributed by atoms with Crippen molar-refractivity contribution in [1.29, 1.82) is 0 Å². The van der Waals surface area contributed by atoms with Gasteiger partial charge in [-0.1, -0.05) is 32.6 Å². The Kier molecular flexibility index (Phi) is 5.74. The standard InChI is InChI=1S/C12H19FN2/c1-2-3-4-5-6-9-14-11-7-8-12(13)15-10-11/h7-8,10,14H,2-6,9H2,1H3. The SMILES string of the molecule is CCCCCCCNc1ccc(F)nc1. The molecule has 0 amide bonds. The van der Waals surface area contributed by atoms with Crippen LogP contribution in [0.15, 0.2) is 18.3 Å². The van der Waals surface area contributed by atoms with Gasteiger partial charge in [0, 0.05) is 6.54 Å². The molecule has 1 N–H and O–H groups in total. The van der Waals surface area contributed by atoms with Gasteiger partial charge in [0.1, 0.15) is 0 Å². The van der Waals surface area contributed by atoms with Crippen molar-refractivity contribution in [3.63, 3.8) is 0 Å². The lowest BCUT2D eigenvalue weighted by molar-refractivity contribution is 0.584. The monoisotopic (exact) mass is 210 g/mol. The highest BCUT2D eigenvalue weighted by Crippen LogP contribution is 2.07. The van der Waals surface area contributed by atoms with Gasteiger partial charge in [-0.15, -0.1) is 0 Å². The number of unbranched alkanes of at least 4 members (excludes halogenated alkanes) is 4. The number of hydrogen-bond donors (Lipinski definition) is 1. The zero-order chi connectivity index (χ0) is 10.9. The molecule has 0 saturated carbocycles. The minimum atomic E-state index is -0.427. The molecule has 0 fully saturated rings. The first-order chi connectivity index (χ1) is 7.33. The fourth-order valence-electron chi connectivity index (χ4n) is 1.44. The zero-order valence-electron chi connectivity index (χ0n) is 9.30. The number of hydrogen-bond acceptors (Lipinski definition) is 2. The Hall–Kier alpha value is -1.12. The van der Waals surface area contributed by atoms with E-state index in [9.17, 15) is 4.39 Å². The molecule has 1 aromatic heterocycles. The van der Waals surface area contributed by atoms with Crippen LogP contribution >= 0.6 is 0 Å². The molecule has 2 nitrogen and oxygen atoms in total. The molecule has 0 aliphatic carbocycles. The molecule has 0 aliphatic heterocycles. The summed E-state index contributed by atoms with van der Waals surface area (Å²) in [6, 6.07) is 3.09. The predicted octanol–water partition coefficient (Wildman–Crippen LogP) is 3.60. The third-order valence-corrected chi connectivity index (χ3v) is 2.34. The van der Waals surface area contributed by atoms with Crippen LogP contribution < -0.4 is 5.32 Å². The summed E-state index contributed by atoms with van der Waals surface area (Å²) in [6.45, 7) is 3.15. The van der Waals surface area contributed by atoms with Gasteiger partial charge < -0.3 is 5.32 Å². The van der Waals surface area contributed by atoms with E-state index >= 15 is 0 Å². The van der Waals surface area contributed by atoms with Gasteiger partial charge in [0.25, 0.3) is 0 Å². The van der Waals surface area contributed by atoms with Crippen molar-refractivity contribution >= 4 is 5.69 Å². The van der Waals surface area contributed by atoms with E-state index in [1.54, 1.807) is 6.07 Å². The van der Waals surface area contributed by atoms with Crippen LogP contribution in [0.3, 0.4) is 0 Å². The highest BCUT2D eigenvalue weighted by molar-refractivity contribution is 5.39. The average molecular weight is 210 g/mol. The highest BCUT2D eigenvalue weighted by Gasteiger charge is 1.93. The van der Waals surface area contributed by atoms with E-state index in [0.717, 1.165) is 18.7 Å². The van der Waals surface area contributed by atoms with Gasteiger partial charge in [-0.25, -0.2) is 4.98 Å². The molecular weight excluding hydrogens is 191 g/mol. The number of rotatable bonds is 7. The fraction of sp³-hybridized carbons (Fsp3) is 0.583. The summed E-state index contributed by atoms with van der Waals surface area (Å²) < 4.78 is 12.5. The Morgan fingerprint density at radius 2 is 2.00 bits per heavy atom. The van der Waals surface area contributed by atoms with E-state index in [1.807, 2.05) is 0 Å². The predicted molar refractivity (Wildman–Crippen MR) is 61.4 cm³/mol. The maximum Gasteiger partial charge on any atom is 0.212 e. The normalized spacial score (nSPS) is 10.3. The summed E-state index contributed by atoms with van der Waals surface area (Å²) in [5.41, 5.74) is 0.895. The highest BCUT2D eigenvalue weighted by atomic mass is 19.1. The maximum absolute atomic E-state index is 12.5. The van der Waals surface area contributed by atoms with Gasteiger partial charge in [0.2, 0.25) is 5.95 Å². The first kappa shape index (κ1) is 12.0. The molecule has 0 aliphatic rings. The van der Waals surface area contributed by atoms with Gasteiger partial charge in [-0.05, 0) is 18.6 Å². The topological polar surface area (TPSA) is 24.9 Å². The van der Waals surface area contributed by atoms with Crippen molar-refractivity contribution in [2.45, 2.75) is 39.0 Å². The minimum Gasteiger partial charge on any atom is -0.384 e. The van der Waals surface area contributed by atoms with Crippen LogP contribution in [0.4, 0.5) is 10.1 Å². The van der Waals surface area contributed by atoms with Crippen molar-refractivity contribution in [1.82, 2.24) is 4.98 Å². The van der Waals surface area contributed by atoms with Crippen LogP contribution in [-0.2, 0) is 0 Å². The van der Waals surface area contributed by atoms with E-state index in [4.69, 9.17) is 0 Å². The summed E-state index contributed by atoms with van der Waals surface area (Å²) >= 11 is 0. The van der Waals surface area contributed by atoms with Gasteiger partial charge in [0.05, 0.1) is 11.9 Å². The second kappa shape index (κ2) is 7.21. The van der Waals surface area contributed by atoms with Gasteiger partial charge in [-0.2, -0.15) is 4.39 Å². The quantitative estimate of drug-likeness (QED) is 0.549. The summed E-state index contributed by atoms with van der Waals surface area (Å²) in [5, 5.41) is 3.22. The Morgan fingerprint density at radius 1 is 1.20 bits per heavy atom. The first-order valence-corrected chi connectivity index (χ1v) is 5.68. The van der Waals surface area contributed by atoms with Crippen LogP contribution in [0.2, 0.25) is 0 Å². The fourth-order valence-corrected chi connectivity index (χ4v) is 1.44. The summed E-state index contributed by atoms with van der Waals surface area (Å²) in [4.78, 5) is 3.58. The minimum absolute atomic E-state index is 0.427. The first-order valence-electron chi connectivity index (χ1n) is 5.68. The smallest absolute Gasteiger partial charge is 0.212 e. The Labute approximate surface area is 90.9 Å². The molecule has 15 heavy (non-hydrogen) atoms. The number of anilines is 1. The van der Waals surface area contributed by atoms with Crippen LogP contribution in [-0.4, -0.2) is 11.5 Å². The average Bonchev–Trinajstić information content (AvgIpc) is 2.26. The van der Waals surface area contributed by atoms with E-state index in [-0.39, 0.29) is 0 Å². The number of pyridine rings is 1. The Balaban J connectivity index is 2.07. The van der Waals surface area contributed by atoms with E-state index in [1.165, 1.54) is 37.9 Å². The number of nitrogens with zero attached hydrogens (tertiary/aromatic N) is 1. The molecule has 1 heterocycles. The molecule has 0 aromatic carbocycles. The van der Waals surface area contributed by atoms with Gasteiger partial charge in [0.15, 0.2) is 0 Å². The Morgan fingerprint density at radius 3 is 2.67 bits per heavy atom. The lowest BCUT2D eigenvalue weighted by atomic mass is 10.1. The third kappa shape index (κ3) is 5.35. The zero-order valence-corrected chi connectivity index (χ0v) is 9.30. The second-order valence-electron chi connectivity index (χ2n) is 3.71. The molecule has 84 valence electrons. The lowest BCUT2D eigenvalue weighted by Gasteiger charge is -2.05. The van der Waals surface area contributed by atoms with E-state index in [2.05, 4.69) is 17.2 Å². The largest absolute Gasteiger partial charge is 0.384 e. The van der Waals surface area contributed by atoms with Crippen molar-refractivity contribution < 1.29 is 4.39 Å². The molecular formula is C12H19FN2. The molecule has 1 rings (SSSR count). The maximum atomic E-state index is 12.5. The van der Waals surface area contributed by atoms with Crippen LogP contribution in [0.1, 0.15) is 39.0 Å². The molecule has 0 saturated heterocycles. The molecule has 0 unspecified atom stereocenters. The molecule has 1 aromatic rings. The number of halogens is 1. The van der Waals surface area contributed by atoms with Crippen LogP contribution in [0.5, 0.6) is 0 Å². The summed E-state index contributed by atoms with van der Waals surface area (Å²) in [5.74, 6) is -0.427. The second-order valence-corrected chi connectivity index (χ2v) is 3.71. The molecule has 0 bridgehead atoms. The number of aromatic nitrogens is 1.